The van der Waals surface area contributed by atoms with E-state index in [0.717, 1.165) is 25.9 Å². The standard InChI is InChI=1S/C24H29N3O3/c1-2-3-14-24(19-25-15-17-30-18-16-25)22(28)26(20-10-6-4-7-11-20)27(23(24)29)21-12-8-5-9-13-21/h4-13H,2-3,14-19H2,1H3. The van der Waals surface area contributed by atoms with E-state index < -0.39 is 5.41 Å². The molecular formula is C24H29N3O3. The van der Waals surface area contributed by atoms with Gasteiger partial charge in [-0.2, -0.15) is 0 Å². The number of carbonyl (C=O) groups is 2. The summed E-state index contributed by atoms with van der Waals surface area (Å²) in [7, 11) is 0. The molecule has 2 aromatic carbocycles. The van der Waals surface area contributed by atoms with E-state index in [1.807, 2.05) is 60.7 Å². The fraction of sp³-hybridized carbons (Fsp3) is 0.417. The normalized spacial score (nSPS) is 19.5. The van der Waals surface area contributed by atoms with Crippen LogP contribution < -0.4 is 10.0 Å². The number of amides is 2. The molecule has 0 radical (unpaired) electrons. The Kier molecular flexibility index (Phi) is 6.16. The smallest absolute Gasteiger partial charge is 0.263 e. The van der Waals surface area contributed by atoms with Gasteiger partial charge in [0.25, 0.3) is 11.8 Å². The summed E-state index contributed by atoms with van der Waals surface area (Å²) in [6.45, 7) is 5.28. The predicted octanol–water partition coefficient (Wildman–Crippen LogP) is 3.49. The summed E-state index contributed by atoms with van der Waals surface area (Å²) in [4.78, 5) is 30.2. The summed E-state index contributed by atoms with van der Waals surface area (Å²) >= 11 is 0. The van der Waals surface area contributed by atoms with Crippen LogP contribution in [0.15, 0.2) is 60.7 Å². The Morgan fingerprint density at radius 2 is 1.33 bits per heavy atom. The Labute approximate surface area is 178 Å². The Morgan fingerprint density at radius 1 is 0.833 bits per heavy atom. The average molecular weight is 408 g/mol. The second-order valence-electron chi connectivity index (χ2n) is 7.98. The van der Waals surface area contributed by atoms with Crippen LogP contribution in [0.5, 0.6) is 0 Å². The number of rotatable bonds is 7. The second-order valence-corrected chi connectivity index (χ2v) is 7.98. The van der Waals surface area contributed by atoms with Crippen LogP contribution in [0.4, 0.5) is 11.4 Å². The third-order valence-electron chi connectivity index (χ3n) is 5.96. The van der Waals surface area contributed by atoms with Gasteiger partial charge in [-0.3, -0.25) is 14.5 Å². The van der Waals surface area contributed by atoms with E-state index >= 15 is 0 Å². The van der Waals surface area contributed by atoms with Crippen LogP contribution in [0.2, 0.25) is 0 Å². The molecule has 0 bridgehead atoms. The fourth-order valence-corrected chi connectivity index (χ4v) is 4.33. The number of hydrogen-bond donors (Lipinski definition) is 0. The molecule has 0 N–H and O–H groups in total. The van der Waals surface area contributed by atoms with E-state index in [1.54, 1.807) is 10.0 Å². The van der Waals surface area contributed by atoms with Crippen LogP contribution >= 0.6 is 0 Å². The Hall–Kier alpha value is -2.70. The highest BCUT2D eigenvalue weighted by Gasteiger charge is 2.59. The molecule has 2 aliphatic rings. The maximum absolute atomic E-state index is 14.0. The third-order valence-corrected chi connectivity index (χ3v) is 5.96. The molecule has 0 atom stereocenters. The van der Waals surface area contributed by atoms with Crippen molar-refractivity contribution in [2.24, 2.45) is 5.41 Å². The molecule has 4 rings (SSSR count). The van der Waals surface area contributed by atoms with Gasteiger partial charge in [0.2, 0.25) is 0 Å². The van der Waals surface area contributed by atoms with Crippen molar-refractivity contribution >= 4 is 23.2 Å². The number of nitrogens with zero attached hydrogens (tertiary/aromatic N) is 3. The number of unbranched alkanes of at least 4 members (excludes halogenated alkanes) is 1. The zero-order valence-corrected chi connectivity index (χ0v) is 17.5. The quantitative estimate of drug-likeness (QED) is 0.660. The number of para-hydroxylation sites is 2. The van der Waals surface area contributed by atoms with Gasteiger partial charge in [0, 0.05) is 19.6 Å². The zero-order chi connectivity index (χ0) is 21.0. The van der Waals surface area contributed by atoms with Crippen molar-refractivity contribution in [1.29, 1.82) is 0 Å². The first-order valence-electron chi connectivity index (χ1n) is 10.8. The molecule has 6 nitrogen and oxygen atoms in total. The molecule has 2 saturated heterocycles. The molecule has 2 amide bonds. The van der Waals surface area contributed by atoms with Crippen molar-refractivity contribution in [2.75, 3.05) is 42.9 Å². The molecule has 0 saturated carbocycles. The average Bonchev–Trinajstić information content (AvgIpc) is 3.01. The van der Waals surface area contributed by atoms with Gasteiger partial charge in [-0.25, -0.2) is 10.0 Å². The van der Waals surface area contributed by atoms with Crippen LogP contribution in [0, 0.1) is 5.41 Å². The van der Waals surface area contributed by atoms with E-state index in [4.69, 9.17) is 4.74 Å². The van der Waals surface area contributed by atoms with E-state index in [2.05, 4.69) is 11.8 Å². The van der Waals surface area contributed by atoms with Crippen LogP contribution in [0.1, 0.15) is 26.2 Å². The Morgan fingerprint density at radius 3 is 1.80 bits per heavy atom. The topological polar surface area (TPSA) is 53.1 Å². The van der Waals surface area contributed by atoms with Gasteiger partial charge in [-0.1, -0.05) is 56.2 Å². The summed E-state index contributed by atoms with van der Waals surface area (Å²) in [5.74, 6) is -0.273. The minimum Gasteiger partial charge on any atom is -0.379 e. The molecule has 30 heavy (non-hydrogen) atoms. The molecule has 0 unspecified atom stereocenters. The second kappa shape index (κ2) is 8.98. The van der Waals surface area contributed by atoms with Gasteiger partial charge in [-0.15, -0.1) is 0 Å². The van der Waals surface area contributed by atoms with Gasteiger partial charge < -0.3 is 4.74 Å². The lowest BCUT2D eigenvalue weighted by molar-refractivity contribution is -0.137. The number of anilines is 2. The highest BCUT2D eigenvalue weighted by Crippen LogP contribution is 2.42. The van der Waals surface area contributed by atoms with Gasteiger partial charge in [0.1, 0.15) is 5.41 Å². The van der Waals surface area contributed by atoms with Crippen molar-refractivity contribution in [3.05, 3.63) is 60.7 Å². The molecule has 6 heteroatoms. The molecule has 0 aliphatic carbocycles. The first-order chi connectivity index (χ1) is 14.7. The summed E-state index contributed by atoms with van der Waals surface area (Å²) in [6.07, 6.45) is 2.31. The minimum absolute atomic E-state index is 0.137. The lowest BCUT2D eigenvalue weighted by atomic mass is 9.80. The maximum Gasteiger partial charge on any atom is 0.263 e. The number of benzene rings is 2. The summed E-state index contributed by atoms with van der Waals surface area (Å²) < 4.78 is 5.48. The van der Waals surface area contributed by atoms with Crippen molar-refractivity contribution in [3.63, 3.8) is 0 Å². The largest absolute Gasteiger partial charge is 0.379 e. The SMILES string of the molecule is CCCCC1(CN2CCOCC2)C(=O)N(c2ccccc2)N(c2ccccc2)C1=O. The van der Waals surface area contributed by atoms with Crippen LogP contribution in [-0.4, -0.2) is 49.6 Å². The number of hydrogen-bond acceptors (Lipinski definition) is 4. The molecule has 0 aromatic heterocycles. The maximum atomic E-state index is 14.0. The third kappa shape index (κ3) is 3.73. The molecule has 2 heterocycles. The molecule has 0 spiro atoms. The molecular weight excluding hydrogens is 378 g/mol. The summed E-state index contributed by atoms with van der Waals surface area (Å²) in [6, 6.07) is 18.9. The summed E-state index contributed by atoms with van der Waals surface area (Å²) in [5, 5.41) is 3.15. The van der Waals surface area contributed by atoms with Crippen molar-refractivity contribution in [2.45, 2.75) is 26.2 Å². The van der Waals surface area contributed by atoms with E-state index in [-0.39, 0.29) is 11.8 Å². The minimum atomic E-state index is -1.08. The Bertz CT molecular complexity index is 808. The number of carbonyl (C=O) groups excluding carboxylic acids is 2. The van der Waals surface area contributed by atoms with Crippen molar-refractivity contribution in [3.8, 4) is 0 Å². The van der Waals surface area contributed by atoms with Gasteiger partial charge in [0.15, 0.2) is 0 Å². The van der Waals surface area contributed by atoms with Crippen molar-refractivity contribution in [1.82, 2.24) is 4.90 Å². The number of morpholine rings is 1. The first-order valence-corrected chi connectivity index (χ1v) is 10.8. The monoisotopic (exact) mass is 407 g/mol. The van der Waals surface area contributed by atoms with E-state index in [1.165, 1.54) is 0 Å². The highest BCUT2D eigenvalue weighted by molar-refractivity contribution is 6.26. The predicted molar refractivity (Wildman–Crippen MR) is 117 cm³/mol. The molecule has 2 aromatic rings. The lowest BCUT2D eigenvalue weighted by Gasteiger charge is -2.34. The summed E-state index contributed by atoms with van der Waals surface area (Å²) in [5.41, 5.74) is 0.332. The van der Waals surface area contributed by atoms with Crippen LogP contribution in [-0.2, 0) is 14.3 Å². The van der Waals surface area contributed by atoms with Crippen molar-refractivity contribution < 1.29 is 14.3 Å². The lowest BCUT2D eigenvalue weighted by Crippen LogP contribution is -2.50. The first kappa shape index (κ1) is 20.6. The van der Waals surface area contributed by atoms with Gasteiger partial charge >= 0.3 is 0 Å². The number of hydrazine groups is 1. The Balaban J connectivity index is 1.79. The molecule has 2 aliphatic heterocycles. The van der Waals surface area contributed by atoms with E-state index in [9.17, 15) is 9.59 Å². The van der Waals surface area contributed by atoms with Crippen LogP contribution in [0.3, 0.4) is 0 Å². The van der Waals surface area contributed by atoms with Gasteiger partial charge in [-0.05, 0) is 30.7 Å². The number of ether oxygens (including phenoxy) is 1. The highest BCUT2D eigenvalue weighted by atomic mass is 16.5. The van der Waals surface area contributed by atoms with E-state index in [0.29, 0.717) is 37.6 Å². The fourth-order valence-electron chi connectivity index (χ4n) is 4.33. The molecule has 158 valence electrons. The zero-order valence-electron chi connectivity index (χ0n) is 17.5. The molecule has 2 fully saturated rings. The van der Waals surface area contributed by atoms with Crippen LogP contribution in [0.25, 0.3) is 0 Å². The van der Waals surface area contributed by atoms with Gasteiger partial charge in [0.05, 0.1) is 24.6 Å².